The number of nitrogens with two attached hydrogens (primary N) is 1. The second-order valence-electron chi connectivity index (χ2n) is 7.04. The van der Waals surface area contributed by atoms with Gasteiger partial charge in [-0.15, -0.1) is 0 Å². The Morgan fingerprint density at radius 3 is 2.32 bits per heavy atom. The third-order valence-corrected chi connectivity index (χ3v) is 4.87. The molecule has 0 saturated heterocycles. The molecule has 0 fully saturated rings. The van der Waals surface area contributed by atoms with Crippen LogP contribution in [0.5, 0.6) is 17.2 Å². The summed E-state index contributed by atoms with van der Waals surface area (Å²) in [5, 5.41) is 12.2. The monoisotopic (exact) mass is 457 g/mol. The van der Waals surface area contributed by atoms with Crippen LogP contribution in [0.1, 0.15) is 21.5 Å². The fourth-order valence-corrected chi connectivity index (χ4v) is 3.21. The number of hydrogen-bond acceptors (Lipinski definition) is 6. The van der Waals surface area contributed by atoms with Gasteiger partial charge >= 0.3 is 0 Å². The van der Waals surface area contributed by atoms with Crippen molar-refractivity contribution in [3.8, 4) is 23.3 Å². The molecule has 0 aliphatic heterocycles. The van der Waals surface area contributed by atoms with Gasteiger partial charge in [0.2, 0.25) is 0 Å². The van der Waals surface area contributed by atoms with Crippen LogP contribution in [-0.4, -0.2) is 26.0 Å². The Morgan fingerprint density at radius 2 is 1.65 bits per heavy atom. The summed E-state index contributed by atoms with van der Waals surface area (Å²) in [6.07, 6.45) is 1.46. The Labute approximate surface area is 197 Å². The van der Waals surface area contributed by atoms with Gasteiger partial charge in [0.15, 0.2) is 0 Å². The van der Waals surface area contributed by atoms with Crippen LogP contribution in [0, 0.1) is 11.3 Å². The first-order valence-electron chi connectivity index (χ1n) is 10.2. The topological polar surface area (TPSA) is 124 Å². The Balaban J connectivity index is 1.84. The van der Waals surface area contributed by atoms with Crippen LogP contribution >= 0.6 is 0 Å². The van der Waals surface area contributed by atoms with Crippen molar-refractivity contribution in [2.75, 3.05) is 19.5 Å². The number of benzene rings is 3. The smallest absolute Gasteiger partial charge is 0.266 e. The molecule has 0 unspecified atom stereocenters. The van der Waals surface area contributed by atoms with Crippen LogP contribution in [0.3, 0.4) is 0 Å². The van der Waals surface area contributed by atoms with E-state index in [0.29, 0.717) is 34.1 Å². The van der Waals surface area contributed by atoms with Gasteiger partial charge in [-0.3, -0.25) is 9.59 Å². The molecule has 0 saturated carbocycles. The maximum absolute atomic E-state index is 12.7. The van der Waals surface area contributed by atoms with Crippen LogP contribution in [0.4, 0.5) is 5.69 Å². The minimum absolute atomic E-state index is 0.0739. The number of carbonyl (C=O) groups is 2. The van der Waals surface area contributed by atoms with Crippen LogP contribution in [-0.2, 0) is 11.4 Å². The summed E-state index contributed by atoms with van der Waals surface area (Å²) in [4.78, 5) is 24.3. The van der Waals surface area contributed by atoms with E-state index in [1.807, 2.05) is 6.07 Å². The summed E-state index contributed by atoms with van der Waals surface area (Å²) in [6.45, 7) is 0.0739. The van der Waals surface area contributed by atoms with Crippen molar-refractivity contribution >= 4 is 23.6 Å². The average molecular weight is 457 g/mol. The molecule has 0 aliphatic rings. The van der Waals surface area contributed by atoms with Crippen LogP contribution < -0.4 is 25.3 Å². The summed E-state index contributed by atoms with van der Waals surface area (Å²) >= 11 is 0. The summed E-state index contributed by atoms with van der Waals surface area (Å²) in [5.41, 5.74) is 7.27. The normalized spacial score (nSPS) is 10.7. The van der Waals surface area contributed by atoms with Crippen LogP contribution in [0.2, 0.25) is 0 Å². The van der Waals surface area contributed by atoms with Crippen molar-refractivity contribution in [3.05, 3.63) is 89.0 Å². The number of nitrogens with one attached hydrogen (secondary N) is 1. The van der Waals surface area contributed by atoms with E-state index in [4.69, 9.17) is 19.9 Å². The summed E-state index contributed by atoms with van der Waals surface area (Å²) < 4.78 is 16.4. The number of nitriles is 1. The minimum atomic E-state index is -0.598. The lowest BCUT2D eigenvalue weighted by Gasteiger charge is -2.13. The van der Waals surface area contributed by atoms with Gasteiger partial charge in [0.1, 0.15) is 35.5 Å². The maximum Gasteiger partial charge on any atom is 0.266 e. The van der Waals surface area contributed by atoms with Gasteiger partial charge in [0.25, 0.3) is 11.8 Å². The van der Waals surface area contributed by atoms with Crippen molar-refractivity contribution in [2.45, 2.75) is 6.61 Å². The van der Waals surface area contributed by atoms with Gasteiger partial charge in [-0.25, -0.2) is 0 Å². The molecule has 8 heteroatoms. The molecular formula is C26H23N3O5. The largest absolute Gasteiger partial charge is 0.496 e. The number of methoxy groups -OCH3 is 2. The first-order chi connectivity index (χ1) is 16.5. The highest BCUT2D eigenvalue weighted by atomic mass is 16.5. The number of para-hydroxylation sites is 3. The van der Waals surface area contributed by atoms with Crippen molar-refractivity contribution in [1.82, 2.24) is 0 Å². The van der Waals surface area contributed by atoms with Gasteiger partial charge in [-0.2, -0.15) is 5.26 Å². The van der Waals surface area contributed by atoms with Gasteiger partial charge in [-0.1, -0.05) is 30.3 Å². The number of anilines is 1. The van der Waals surface area contributed by atoms with E-state index < -0.39 is 11.8 Å². The second-order valence-corrected chi connectivity index (χ2v) is 7.04. The molecule has 34 heavy (non-hydrogen) atoms. The van der Waals surface area contributed by atoms with Crippen molar-refractivity contribution in [1.29, 1.82) is 5.26 Å². The molecule has 3 rings (SSSR count). The molecule has 3 aromatic rings. The van der Waals surface area contributed by atoms with Gasteiger partial charge in [0, 0.05) is 5.56 Å². The molecule has 2 amide bonds. The van der Waals surface area contributed by atoms with Crippen molar-refractivity contribution < 1.29 is 23.8 Å². The lowest BCUT2D eigenvalue weighted by Crippen LogP contribution is -2.14. The van der Waals surface area contributed by atoms with E-state index >= 15 is 0 Å². The number of primary amides is 1. The van der Waals surface area contributed by atoms with Gasteiger partial charge in [-0.05, 0) is 48.0 Å². The Hall–Kier alpha value is -4.77. The van der Waals surface area contributed by atoms with Crippen LogP contribution in [0.25, 0.3) is 6.08 Å². The number of carbonyl (C=O) groups excluding carboxylic acids is 2. The minimum Gasteiger partial charge on any atom is -0.496 e. The Morgan fingerprint density at radius 1 is 0.971 bits per heavy atom. The van der Waals surface area contributed by atoms with E-state index in [-0.39, 0.29) is 17.7 Å². The number of ether oxygens (including phenoxy) is 3. The second kappa shape index (κ2) is 11.2. The fraction of sp³-hybridized carbons (Fsp3) is 0.115. The highest BCUT2D eigenvalue weighted by Crippen LogP contribution is 2.26. The first kappa shape index (κ1) is 23.9. The molecule has 8 nitrogen and oxygen atoms in total. The number of nitrogens with zero attached hydrogens (tertiary/aromatic N) is 1. The fourth-order valence-electron chi connectivity index (χ4n) is 3.21. The predicted molar refractivity (Wildman–Crippen MR) is 127 cm³/mol. The van der Waals surface area contributed by atoms with E-state index in [0.717, 1.165) is 0 Å². The molecule has 3 aromatic carbocycles. The lowest BCUT2D eigenvalue weighted by molar-refractivity contribution is -0.112. The van der Waals surface area contributed by atoms with Gasteiger partial charge < -0.3 is 25.3 Å². The summed E-state index contributed by atoms with van der Waals surface area (Å²) in [7, 11) is 3.02. The third-order valence-electron chi connectivity index (χ3n) is 4.87. The summed E-state index contributed by atoms with van der Waals surface area (Å²) in [5.74, 6) is 0.195. The molecule has 172 valence electrons. The van der Waals surface area contributed by atoms with Gasteiger partial charge in [0.05, 0.1) is 25.5 Å². The standard InChI is InChI=1S/C26H23N3O5/c1-32-22-12-11-17(14-19(22)16-34-23-9-5-3-7-20(23)25(28)30)13-18(15-27)26(31)29-21-8-4-6-10-24(21)33-2/h3-14H,16H2,1-2H3,(H2,28,30)(H,29,31)/b18-13+. The van der Waals surface area contributed by atoms with E-state index in [1.165, 1.54) is 20.3 Å². The predicted octanol–water partition coefficient (Wildman–Crippen LogP) is 3.93. The quantitative estimate of drug-likeness (QED) is 0.371. The Bertz CT molecular complexity index is 1280. The summed E-state index contributed by atoms with van der Waals surface area (Å²) in [6, 6.07) is 20.6. The molecule has 0 aliphatic carbocycles. The Kier molecular flexibility index (Phi) is 7.87. The number of rotatable bonds is 9. The third kappa shape index (κ3) is 5.72. The molecule has 0 aromatic heterocycles. The van der Waals surface area contributed by atoms with Crippen molar-refractivity contribution in [3.63, 3.8) is 0 Å². The number of amides is 2. The zero-order valence-corrected chi connectivity index (χ0v) is 18.7. The average Bonchev–Trinajstić information content (AvgIpc) is 2.86. The molecule has 0 bridgehead atoms. The molecule has 3 N–H and O–H groups in total. The van der Waals surface area contributed by atoms with Crippen LogP contribution in [0.15, 0.2) is 72.3 Å². The highest BCUT2D eigenvalue weighted by Gasteiger charge is 2.14. The number of hydrogen-bond donors (Lipinski definition) is 2. The zero-order chi connectivity index (χ0) is 24.5. The first-order valence-corrected chi connectivity index (χ1v) is 10.2. The molecule has 0 radical (unpaired) electrons. The lowest BCUT2D eigenvalue weighted by atomic mass is 10.1. The van der Waals surface area contributed by atoms with Crippen molar-refractivity contribution in [2.24, 2.45) is 5.73 Å². The van der Waals surface area contributed by atoms with E-state index in [2.05, 4.69) is 5.32 Å². The van der Waals surface area contributed by atoms with E-state index in [1.54, 1.807) is 66.7 Å². The highest BCUT2D eigenvalue weighted by molar-refractivity contribution is 6.10. The molecule has 0 spiro atoms. The molecule has 0 atom stereocenters. The molecule has 0 heterocycles. The SMILES string of the molecule is COc1ccc(/C=C(\C#N)C(=O)Nc2ccccc2OC)cc1COc1ccccc1C(N)=O. The molecular weight excluding hydrogens is 434 g/mol. The van der Waals surface area contributed by atoms with E-state index in [9.17, 15) is 14.9 Å². The maximum atomic E-state index is 12.7. The zero-order valence-electron chi connectivity index (χ0n) is 18.7.